The molecule has 1 aromatic carbocycles. The summed E-state index contributed by atoms with van der Waals surface area (Å²) in [5.74, 6) is 0. The van der Waals surface area contributed by atoms with Crippen LogP contribution in [0.25, 0.3) is 0 Å². The van der Waals surface area contributed by atoms with Gasteiger partial charge in [-0.25, -0.2) is 0 Å². The molecule has 0 saturated carbocycles. The van der Waals surface area contributed by atoms with Gasteiger partial charge in [0.05, 0.1) is 0 Å². The van der Waals surface area contributed by atoms with Gasteiger partial charge in [-0.3, -0.25) is 0 Å². The van der Waals surface area contributed by atoms with Crippen LogP contribution in [0.4, 0.5) is 0 Å². The van der Waals surface area contributed by atoms with E-state index in [0.717, 1.165) is 6.42 Å². The van der Waals surface area contributed by atoms with Crippen LogP contribution in [0.3, 0.4) is 0 Å². The molecule has 0 heteroatoms. The van der Waals surface area contributed by atoms with Crippen LogP contribution in [0, 0.1) is 0 Å². The zero-order chi connectivity index (χ0) is 10.9. The maximum absolute atomic E-state index is 2.34. The van der Waals surface area contributed by atoms with Gasteiger partial charge in [-0.1, -0.05) is 60.6 Å². The molecule has 0 N–H and O–H groups in total. The van der Waals surface area contributed by atoms with Gasteiger partial charge in [0.25, 0.3) is 0 Å². The zero-order valence-corrected chi connectivity index (χ0v) is 9.75. The molecule has 2 rings (SSSR count). The molecule has 0 amide bonds. The molecule has 15 heavy (non-hydrogen) atoms. The first-order valence-electron chi connectivity index (χ1n) is 5.53. The van der Waals surface area contributed by atoms with Crippen LogP contribution in [0.15, 0.2) is 53.6 Å². The molecule has 0 radical (unpaired) electrons. The smallest absolute Gasteiger partial charge is 0.0144 e. The number of rotatable bonds is 1. The van der Waals surface area contributed by atoms with Crippen LogP contribution in [0.1, 0.15) is 32.8 Å². The van der Waals surface area contributed by atoms with Crippen LogP contribution in [-0.4, -0.2) is 0 Å². The molecule has 0 nitrogen and oxygen atoms in total. The predicted octanol–water partition coefficient (Wildman–Crippen LogP) is 4.24. The minimum absolute atomic E-state index is 0.185. The van der Waals surface area contributed by atoms with Crippen molar-refractivity contribution in [1.29, 1.82) is 0 Å². The van der Waals surface area contributed by atoms with Gasteiger partial charge in [-0.2, -0.15) is 0 Å². The van der Waals surface area contributed by atoms with Gasteiger partial charge < -0.3 is 0 Å². The average molecular weight is 198 g/mol. The lowest BCUT2D eigenvalue weighted by atomic mass is 9.73. The lowest BCUT2D eigenvalue weighted by molar-refractivity contribution is 0.576. The molecule has 1 atom stereocenters. The van der Waals surface area contributed by atoms with Crippen molar-refractivity contribution in [1.82, 2.24) is 0 Å². The minimum atomic E-state index is 0.185. The van der Waals surface area contributed by atoms with E-state index in [1.165, 1.54) is 16.7 Å². The van der Waals surface area contributed by atoms with Crippen LogP contribution < -0.4 is 0 Å². The Morgan fingerprint density at radius 1 is 1.07 bits per heavy atom. The molecule has 1 aliphatic rings. The highest BCUT2D eigenvalue weighted by Crippen LogP contribution is 2.36. The highest BCUT2D eigenvalue weighted by atomic mass is 14.3. The van der Waals surface area contributed by atoms with Crippen LogP contribution >= 0.6 is 0 Å². The Hall–Kier alpha value is -1.30. The van der Waals surface area contributed by atoms with Crippen molar-refractivity contribution >= 4 is 0 Å². The van der Waals surface area contributed by atoms with Crippen LogP contribution in [0.5, 0.6) is 0 Å². The fourth-order valence-corrected chi connectivity index (χ4v) is 2.22. The van der Waals surface area contributed by atoms with Crippen LogP contribution in [-0.2, 0) is 5.41 Å². The summed E-state index contributed by atoms with van der Waals surface area (Å²) in [6.07, 6.45) is 5.73. The Balaban J connectivity index is 2.36. The third-order valence-electron chi connectivity index (χ3n) is 3.44. The largest absolute Gasteiger partial charge is 0.0736 e. The molecule has 0 saturated heterocycles. The molecule has 78 valence electrons. The van der Waals surface area contributed by atoms with Crippen molar-refractivity contribution in [3.8, 4) is 0 Å². The fraction of sp³-hybridized carbons (Fsp3) is 0.333. The summed E-state index contributed by atoms with van der Waals surface area (Å²) in [5.41, 5.74) is 4.52. The molecular formula is C15H18. The zero-order valence-electron chi connectivity index (χ0n) is 9.75. The summed E-state index contributed by atoms with van der Waals surface area (Å²) in [6, 6.07) is 10.8. The summed E-state index contributed by atoms with van der Waals surface area (Å²) in [6.45, 7) is 6.74. The van der Waals surface area contributed by atoms with Crippen molar-refractivity contribution in [2.24, 2.45) is 0 Å². The molecule has 0 aliphatic heterocycles. The second-order valence-electron chi connectivity index (χ2n) is 4.76. The van der Waals surface area contributed by atoms with Gasteiger partial charge >= 0.3 is 0 Å². The molecule has 0 aromatic heterocycles. The summed E-state index contributed by atoms with van der Waals surface area (Å²) in [4.78, 5) is 0. The van der Waals surface area contributed by atoms with E-state index in [-0.39, 0.29) is 5.41 Å². The Morgan fingerprint density at radius 2 is 1.73 bits per heavy atom. The molecule has 0 heterocycles. The van der Waals surface area contributed by atoms with E-state index in [1.807, 2.05) is 0 Å². The normalized spacial score (nSPS) is 25.8. The van der Waals surface area contributed by atoms with E-state index in [9.17, 15) is 0 Å². The van der Waals surface area contributed by atoms with Gasteiger partial charge in [0.2, 0.25) is 0 Å². The lowest BCUT2D eigenvalue weighted by Gasteiger charge is -2.31. The summed E-state index contributed by atoms with van der Waals surface area (Å²) >= 11 is 0. The third-order valence-corrected chi connectivity index (χ3v) is 3.44. The molecule has 0 fully saturated rings. The first-order chi connectivity index (χ1) is 7.12. The summed E-state index contributed by atoms with van der Waals surface area (Å²) in [7, 11) is 0. The van der Waals surface area contributed by atoms with E-state index in [2.05, 4.69) is 63.3 Å². The maximum atomic E-state index is 2.34. The van der Waals surface area contributed by atoms with E-state index in [4.69, 9.17) is 0 Å². The second kappa shape index (κ2) is 3.69. The second-order valence-corrected chi connectivity index (χ2v) is 4.76. The van der Waals surface area contributed by atoms with E-state index >= 15 is 0 Å². The van der Waals surface area contributed by atoms with E-state index in [0.29, 0.717) is 0 Å². The van der Waals surface area contributed by atoms with Crippen molar-refractivity contribution in [3.05, 3.63) is 59.2 Å². The quantitative estimate of drug-likeness (QED) is 0.633. The van der Waals surface area contributed by atoms with Crippen LogP contribution in [0.2, 0.25) is 0 Å². The van der Waals surface area contributed by atoms with Crippen molar-refractivity contribution < 1.29 is 0 Å². The van der Waals surface area contributed by atoms with Crippen molar-refractivity contribution in [3.63, 3.8) is 0 Å². The summed E-state index contributed by atoms with van der Waals surface area (Å²) in [5, 5.41) is 0. The number of benzene rings is 1. The molecule has 0 bridgehead atoms. The van der Waals surface area contributed by atoms with Gasteiger partial charge in [-0.15, -0.1) is 0 Å². The minimum Gasteiger partial charge on any atom is -0.0736 e. The first kappa shape index (κ1) is 10.2. The number of hydrogen-bond donors (Lipinski definition) is 0. The van der Waals surface area contributed by atoms with Crippen molar-refractivity contribution in [2.75, 3.05) is 0 Å². The SMILES string of the molecule is CC1=C(C)CC(C)(c2ccccc2)C=C1. The molecule has 1 aromatic rings. The van der Waals surface area contributed by atoms with Gasteiger partial charge in [0.1, 0.15) is 0 Å². The molecule has 0 spiro atoms. The lowest BCUT2D eigenvalue weighted by Crippen LogP contribution is -2.21. The molecule has 1 unspecified atom stereocenters. The Morgan fingerprint density at radius 3 is 2.33 bits per heavy atom. The van der Waals surface area contributed by atoms with Crippen molar-refractivity contribution in [2.45, 2.75) is 32.6 Å². The number of hydrogen-bond acceptors (Lipinski definition) is 0. The van der Waals surface area contributed by atoms with Gasteiger partial charge in [0, 0.05) is 5.41 Å². The predicted molar refractivity (Wildman–Crippen MR) is 65.9 cm³/mol. The van der Waals surface area contributed by atoms with Gasteiger partial charge in [0.15, 0.2) is 0 Å². The summed E-state index contributed by atoms with van der Waals surface area (Å²) < 4.78 is 0. The average Bonchev–Trinajstić information content (AvgIpc) is 2.26. The van der Waals surface area contributed by atoms with E-state index < -0.39 is 0 Å². The number of allylic oxidation sites excluding steroid dienone is 4. The maximum Gasteiger partial charge on any atom is 0.0144 e. The Bertz CT molecular complexity index is 409. The fourth-order valence-electron chi connectivity index (χ4n) is 2.22. The highest BCUT2D eigenvalue weighted by molar-refractivity contribution is 5.39. The van der Waals surface area contributed by atoms with E-state index in [1.54, 1.807) is 0 Å². The molecule has 1 aliphatic carbocycles. The monoisotopic (exact) mass is 198 g/mol. The first-order valence-corrected chi connectivity index (χ1v) is 5.53. The standard InChI is InChI=1S/C15H18/c1-12-9-10-15(3,11-13(12)2)14-7-5-4-6-8-14/h4-10H,11H2,1-3H3. The highest BCUT2D eigenvalue weighted by Gasteiger charge is 2.26. The van der Waals surface area contributed by atoms with Gasteiger partial charge in [-0.05, 0) is 25.8 Å². The Labute approximate surface area is 92.3 Å². The Kier molecular flexibility index (Phi) is 2.52. The topological polar surface area (TPSA) is 0 Å². The molecular weight excluding hydrogens is 180 g/mol. The third kappa shape index (κ3) is 1.90.